The number of aryl methyl sites for hydroxylation is 1. The monoisotopic (exact) mass is 286 g/mol. The van der Waals surface area contributed by atoms with E-state index in [1.54, 1.807) is 25.3 Å². The number of esters is 1. The number of carbonyl (C=O) groups is 1. The van der Waals surface area contributed by atoms with Crippen LogP contribution in [0.3, 0.4) is 0 Å². The van der Waals surface area contributed by atoms with Gasteiger partial charge >= 0.3 is 5.97 Å². The van der Waals surface area contributed by atoms with Crippen LogP contribution in [0.25, 0.3) is 0 Å². The van der Waals surface area contributed by atoms with Gasteiger partial charge in [0.25, 0.3) is 0 Å². The van der Waals surface area contributed by atoms with Gasteiger partial charge < -0.3 is 14.8 Å². The zero-order valence-electron chi connectivity index (χ0n) is 12.3. The largest absolute Gasteiger partial charge is 0.481 e. The van der Waals surface area contributed by atoms with Crippen molar-refractivity contribution in [2.45, 2.75) is 13.5 Å². The highest BCUT2D eigenvalue weighted by Crippen LogP contribution is 2.18. The van der Waals surface area contributed by atoms with Crippen LogP contribution in [0.5, 0.6) is 5.88 Å². The summed E-state index contributed by atoms with van der Waals surface area (Å²) in [5.74, 6) is 0.256. The van der Waals surface area contributed by atoms with Crippen LogP contribution >= 0.6 is 0 Å². The third-order valence-electron chi connectivity index (χ3n) is 3.10. The molecule has 1 N–H and O–H groups in total. The van der Waals surface area contributed by atoms with E-state index in [0.717, 1.165) is 16.9 Å². The number of hydrogen-bond donors (Lipinski definition) is 1. The minimum atomic E-state index is -0.334. The van der Waals surface area contributed by atoms with Gasteiger partial charge in [-0.1, -0.05) is 6.07 Å². The Morgan fingerprint density at radius 3 is 2.71 bits per heavy atom. The molecular formula is C16H18N2O3. The van der Waals surface area contributed by atoms with Crippen molar-refractivity contribution in [2.75, 3.05) is 19.5 Å². The van der Waals surface area contributed by atoms with E-state index in [1.807, 2.05) is 25.1 Å². The molecule has 0 spiro atoms. The summed E-state index contributed by atoms with van der Waals surface area (Å²) in [6.45, 7) is 2.52. The van der Waals surface area contributed by atoms with Crippen LogP contribution in [0.1, 0.15) is 21.6 Å². The molecule has 0 bridgehead atoms. The molecule has 5 nitrogen and oxygen atoms in total. The Labute approximate surface area is 123 Å². The Kier molecular flexibility index (Phi) is 4.77. The molecule has 0 aliphatic carbocycles. The molecule has 0 unspecified atom stereocenters. The molecule has 5 heteroatoms. The first kappa shape index (κ1) is 14.8. The maximum atomic E-state index is 11.5. The second-order valence-corrected chi connectivity index (χ2v) is 4.55. The fourth-order valence-electron chi connectivity index (χ4n) is 1.96. The number of hydrogen-bond acceptors (Lipinski definition) is 5. The van der Waals surface area contributed by atoms with E-state index in [2.05, 4.69) is 10.3 Å². The smallest absolute Gasteiger partial charge is 0.337 e. The molecule has 1 heterocycles. The van der Waals surface area contributed by atoms with Gasteiger partial charge in [0, 0.05) is 11.8 Å². The quantitative estimate of drug-likeness (QED) is 0.856. The fourth-order valence-corrected chi connectivity index (χ4v) is 1.96. The molecule has 1 aromatic heterocycles. The number of pyridine rings is 1. The summed E-state index contributed by atoms with van der Waals surface area (Å²) in [6.07, 6.45) is 0. The predicted molar refractivity (Wildman–Crippen MR) is 80.6 cm³/mol. The van der Waals surface area contributed by atoms with E-state index in [-0.39, 0.29) is 5.97 Å². The molecule has 0 amide bonds. The van der Waals surface area contributed by atoms with Crippen LogP contribution in [0.4, 0.5) is 5.69 Å². The molecule has 0 saturated heterocycles. The molecule has 1 aromatic carbocycles. The highest BCUT2D eigenvalue weighted by atomic mass is 16.5. The molecular weight excluding hydrogens is 268 g/mol. The molecule has 21 heavy (non-hydrogen) atoms. The summed E-state index contributed by atoms with van der Waals surface area (Å²) in [5.41, 5.74) is 3.35. The molecule has 0 aliphatic heterocycles. The Bertz CT molecular complexity index is 641. The highest BCUT2D eigenvalue weighted by Gasteiger charge is 2.07. The van der Waals surface area contributed by atoms with Crippen molar-refractivity contribution in [1.29, 1.82) is 0 Å². The standard InChI is InChI=1S/C16H18N2O3/c1-11-9-12(16(19)21-3)7-8-14(11)17-10-13-5-4-6-15(18-13)20-2/h4-9,17H,10H2,1-3H3. The number of anilines is 1. The van der Waals surface area contributed by atoms with E-state index in [1.165, 1.54) is 7.11 Å². The molecule has 2 aromatic rings. The first-order valence-corrected chi connectivity index (χ1v) is 6.57. The predicted octanol–water partition coefficient (Wildman–Crippen LogP) is 2.80. The van der Waals surface area contributed by atoms with Gasteiger partial charge in [0.2, 0.25) is 5.88 Å². The minimum absolute atomic E-state index is 0.334. The van der Waals surface area contributed by atoms with Gasteiger partial charge in [0.05, 0.1) is 32.0 Å². The van der Waals surface area contributed by atoms with Crippen molar-refractivity contribution in [3.63, 3.8) is 0 Å². The van der Waals surface area contributed by atoms with Gasteiger partial charge in [-0.3, -0.25) is 0 Å². The number of nitrogens with zero attached hydrogens (tertiary/aromatic N) is 1. The topological polar surface area (TPSA) is 60.5 Å². The van der Waals surface area contributed by atoms with Gasteiger partial charge in [-0.05, 0) is 36.8 Å². The summed E-state index contributed by atoms with van der Waals surface area (Å²) < 4.78 is 9.80. The molecule has 2 rings (SSSR count). The van der Waals surface area contributed by atoms with Gasteiger partial charge in [0.1, 0.15) is 0 Å². The number of carbonyl (C=O) groups excluding carboxylic acids is 1. The number of nitrogens with one attached hydrogen (secondary N) is 1. The Balaban J connectivity index is 2.07. The van der Waals surface area contributed by atoms with Gasteiger partial charge in [-0.25, -0.2) is 9.78 Å². The van der Waals surface area contributed by atoms with Crippen LogP contribution in [-0.2, 0) is 11.3 Å². The van der Waals surface area contributed by atoms with E-state index >= 15 is 0 Å². The molecule has 110 valence electrons. The lowest BCUT2D eigenvalue weighted by Gasteiger charge is -2.11. The number of methoxy groups -OCH3 is 2. The fraction of sp³-hybridized carbons (Fsp3) is 0.250. The summed E-state index contributed by atoms with van der Waals surface area (Å²) in [5, 5.41) is 3.29. The number of aromatic nitrogens is 1. The SMILES string of the molecule is COC(=O)c1ccc(NCc2cccc(OC)n2)c(C)c1. The zero-order valence-corrected chi connectivity index (χ0v) is 12.3. The van der Waals surface area contributed by atoms with Crippen molar-refractivity contribution in [2.24, 2.45) is 0 Å². The van der Waals surface area contributed by atoms with Crippen LogP contribution in [0, 0.1) is 6.92 Å². The lowest BCUT2D eigenvalue weighted by Crippen LogP contribution is -2.06. The Hall–Kier alpha value is -2.56. The minimum Gasteiger partial charge on any atom is -0.481 e. The first-order chi connectivity index (χ1) is 10.1. The van der Waals surface area contributed by atoms with Crippen molar-refractivity contribution in [3.05, 3.63) is 53.2 Å². The zero-order chi connectivity index (χ0) is 15.2. The van der Waals surface area contributed by atoms with E-state index in [4.69, 9.17) is 9.47 Å². The lowest BCUT2D eigenvalue weighted by molar-refractivity contribution is 0.0600. The molecule has 0 fully saturated rings. The Morgan fingerprint density at radius 2 is 2.05 bits per heavy atom. The second kappa shape index (κ2) is 6.74. The van der Waals surface area contributed by atoms with Crippen molar-refractivity contribution in [1.82, 2.24) is 4.98 Å². The summed E-state index contributed by atoms with van der Waals surface area (Å²) in [4.78, 5) is 15.8. The normalized spacial score (nSPS) is 10.0. The summed E-state index contributed by atoms with van der Waals surface area (Å²) >= 11 is 0. The van der Waals surface area contributed by atoms with Crippen LogP contribution in [0.2, 0.25) is 0 Å². The third-order valence-corrected chi connectivity index (χ3v) is 3.10. The molecule has 0 atom stereocenters. The van der Waals surface area contributed by atoms with E-state index in [9.17, 15) is 4.79 Å². The number of benzene rings is 1. The summed E-state index contributed by atoms with van der Waals surface area (Å²) in [6, 6.07) is 11.0. The maximum absolute atomic E-state index is 11.5. The number of rotatable bonds is 5. The van der Waals surface area contributed by atoms with Crippen molar-refractivity contribution >= 4 is 11.7 Å². The van der Waals surface area contributed by atoms with Gasteiger partial charge in [-0.2, -0.15) is 0 Å². The van der Waals surface area contributed by atoms with Crippen LogP contribution in [-0.4, -0.2) is 25.2 Å². The van der Waals surface area contributed by atoms with Crippen LogP contribution in [0.15, 0.2) is 36.4 Å². The van der Waals surface area contributed by atoms with E-state index in [0.29, 0.717) is 18.0 Å². The third kappa shape index (κ3) is 3.72. The summed E-state index contributed by atoms with van der Waals surface area (Å²) in [7, 11) is 2.97. The van der Waals surface area contributed by atoms with Crippen molar-refractivity contribution < 1.29 is 14.3 Å². The first-order valence-electron chi connectivity index (χ1n) is 6.57. The van der Waals surface area contributed by atoms with Gasteiger partial charge in [0.15, 0.2) is 0 Å². The molecule has 0 radical (unpaired) electrons. The average molecular weight is 286 g/mol. The number of ether oxygens (including phenoxy) is 2. The second-order valence-electron chi connectivity index (χ2n) is 4.55. The average Bonchev–Trinajstić information content (AvgIpc) is 2.53. The highest BCUT2D eigenvalue weighted by molar-refractivity contribution is 5.90. The van der Waals surface area contributed by atoms with Crippen LogP contribution < -0.4 is 10.1 Å². The maximum Gasteiger partial charge on any atom is 0.337 e. The van der Waals surface area contributed by atoms with E-state index < -0.39 is 0 Å². The molecule has 0 aliphatic rings. The van der Waals surface area contributed by atoms with Gasteiger partial charge in [-0.15, -0.1) is 0 Å². The Morgan fingerprint density at radius 1 is 1.24 bits per heavy atom. The van der Waals surface area contributed by atoms with Crippen molar-refractivity contribution in [3.8, 4) is 5.88 Å². The molecule has 0 saturated carbocycles. The lowest BCUT2D eigenvalue weighted by atomic mass is 10.1.